The van der Waals surface area contributed by atoms with Crippen LogP contribution < -0.4 is 5.32 Å². The van der Waals surface area contributed by atoms with Gasteiger partial charge in [0.15, 0.2) is 0 Å². The van der Waals surface area contributed by atoms with Gasteiger partial charge in [0.05, 0.1) is 6.20 Å². The summed E-state index contributed by atoms with van der Waals surface area (Å²) in [5, 5.41) is 16.5. The van der Waals surface area contributed by atoms with E-state index in [0.29, 0.717) is 6.04 Å². The number of aliphatic hydroxyl groups is 1. The second kappa shape index (κ2) is 5.88. The summed E-state index contributed by atoms with van der Waals surface area (Å²) in [4.78, 5) is 0. The molecule has 0 radical (unpaired) electrons. The molecule has 0 spiro atoms. The molecule has 0 fully saturated rings. The predicted molar refractivity (Wildman–Crippen MR) is 60.6 cm³/mol. The zero-order chi connectivity index (χ0) is 11.3. The Kier molecular flexibility index (Phi) is 4.78. The van der Waals surface area contributed by atoms with Crippen molar-refractivity contribution in [1.82, 2.24) is 15.1 Å². The Morgan fingerprint density at radius 2 is 2.33 bits per heavy atom. The van der Waals surface area contributed by atoms with Gasteiger partial charge in [-0.3, -0.25) is 4.68 Å². The van der Waals surface area contributed by atoms with Crippen molar-refractivity contribution in [3.05, 3.63) is 17.5 Å². The van der Waals surface area contributed by atoms with Crippen LogP contribution in [0.15, 0.2) is 6.20 Å². The van der Waals surface area contributed by atoms with E-state index in [2.05, 4.69) is 24.3 Å². The molecular formula is C11H21N3O. The van der Waals surface area contributed by atoms with Gasteiger partial charge < -0.3 is 10.4 Å². The van der Waals surface area contributed by atoms with E-state index >= 15 is 0 Å². The fourth-order valence-electron chi connectivity index (χ4n) is 1.58. The van der Waals surface area contributed by atoms with Crippen LogP contribution in [-0.4, -0.2) is 27.5 Å². The van der Waals surface area contributed by atoms with Crippen LogP contribution in [0.2, 0.25) is 0 Å². The monoisotopic (exact) mass is 211 g/mol. The number of aliphatic hydroxyl groups excluding tert-OH is 1. The van der Waals surface area contributed by atoms with Crippen LogP contribution in [0, 0.1) is 6.92 Å². The molecule has 2 N–H and O–H groups in total. The summed E-state index contributed by atoms with van der Waals surface area (Å²) in [6.07, 6.45) is 3.75. The minimum atomic E-state index is 0.248. The van der Waals surface area contributed by atoms with Gasteiger partial charge in [0.1, 0.15) is 0 Å². The van der Waals surface area contributed by atoms with E-state index in [1.165, 1.54) is 11.3 Å². The van der Waals surface area contributed by atoms with Gasteiger partial charge in [-0.1, -0.05) is 6.92 Å². The zero-order valence-corrected chi connectivity index (χ0v) is 9.82. The van der Waals surface area contributed by atoms with Gasteiger partial charge >= 0.3 is 0 Å². The predicted octanol–water partition coefficient (Wildman–Crippen LogP) is 0.979. The van der Waals surface area contributed by atoms with Gasteiger partial charge in [0.2, 0.25) is 0 Å². The molecule has 1 aromatic heterocycles. The van der Waals surface area contributed by atoms with Crippen molar-refractivity contribution in [3.8, 4) is 0 Å². The SMILES string of the molecule is CCC(CCO)NCc1cnn(C)c1C. The highest BCUT2D eigenvalue weighted by atomic mass is 16.3. The Morgan fingerprint density at radius 3 is 2.80 bits per heavy atom. The number of hydrogen-bond donors (Lipinski definition) is 2. The molecule has 86 valence electrons. The second-order valence-corrected chi connectivity index (χ2v) is 3.88. The molecule has 1 aromatic rings. The third-order valence-electron chi connectivity index (χ3n) is 2.89. The lowest BCUT2D eigenvalue weighted by Crippen LogP contribution is -2.29. The van der Waals surface area contributed by atoms with Crippen LogP contribution in [0.25, 0.3) is 0 Å². The number of nitrogens with zero attached hydrogens (tertiary/aromatic N) is 2. The minimum absolute atomic E-state index is 0.248. The molecule has 1 heterocycles. The Labute approximate surface area is 91.3 Å². The molecular weight excluding hydrogens is 190 g/mol. The summed E-state index contributed by atoms with van der Waals surface area (Å²) in [7, 11) is 1.95. The van der Waals surface area contributed by atoms with Crippen LogP contribution in [0.1, 0.15) is 31.0 Å². The maximum atomic E-state index is 8.87. The van der Waals surface area contributed by atoms with Gasteiger partial charge in [-0.25, -0.2) is 0 Å². The van der Waals surface area contributed by atoms with E-state index in [1.54, 1.807) is 0 Å². The van der Waals surface area contributed by atoms with Gasteiger partial charge in [-0.15, -0.1) is 0 Å². The highest BCUT2D eigenvalue weighted by Crippen LogP contribution is 2.06. The maximum Gasteiger partial charge on any atom is 0.0537 e. The van der Waals surface area contributed by atoms with Crippen molar-refractivity contribution in [1.29, 1.82) is 0 Å². The molecule has 15 heavy (non-hydrogen) atoms. The van der Waals surface area contributed by atoms with E-state index in [0.717, 1.165) is 19.4 Å². The molecule has 0 saturated heterocycles. The van der Waals surface area contributed by atoms with Crippen LogP contribution in [0.5, 0.6) is 0 Å². The van der Waals surface area contributed by atoms with Crippen molar-refractivity contribution < 1.29 is 5.11 Å². The summed E-state index contributed by atoms with van der Waals surface area (Å²) in [6, 6.07) is 0.398. The number of nitrogens with one attached hydrogen (secondary N) is 1. The van der Waals surface area contributed by atoms with E-state index in [1.807, 2.05) is 17.9 Å². The lowest BCUT2D eigenvalue weighted by atomic mass is 10.1. The lowest BCUT2D eigenvalue weighted by molar-refractivity contribution is 0.262. The van der Waals surface area contributed by atoms with E-state index in [-0.39, 0.29) is 6.61 Å². The average Bonchev–Trinajstić information content (AvgIpc) is 2.55. The number of aryl methyl sites for hydroxylation is 1. The standard InChI is InChI=1S/C11H21N3O/c1-4-11(5-6-15)12-7-10-8-13-14(3)9(10)2/h8,11-12,15H,4-7H2,1-3H3. The van der Waals surface area contributed by atoms with Crippen LogP contribution in [0.4, 0.5) is 0 Å². The Balaban J connectivity index is 2.45. The molecule has 0 aliphatic heterocycles. The molecule has 0 aliphatic carbocycles. The van der Waals surface area contributed by atoms with E-state index in [9.17, 15) is 0 Å². The second-order valence-electron chi connectivity index (χ2n) is 3.88. The van der Waals surface area contributed by atoms with Crippen LogP contribution >= 0.6 is 0 Å². The first kappa shape index (κ1) is 12.2. The molecule has 4 nitrogen and oxygen atoms in total. The number of rotatable bonds is 6. The summed E-state index contributed by atoms with van der Waals surface area (Å²) in [6.45, 7) is 5.27. The van der Waals surface area contributed by atoms with E-state index in [4.69, 9.17) is 5.11 Å². The van der Waals surface area contributed by atoms with Crippen LogP contribution in [-0.2, 0) is 13.6 Å². The van der Waals surface area contributed by atoms with Crippen molar-refractivity contribution in [3.63, 3.8) is 0 Å². The highest BCUT2D eigenvalue weighted by molar-refractivity contribution is 5.15. The lowest BCUT2D eigenvalue weighted by Gasteiger charge is -2.15. The van der Waals surface area contributed by atoms with E-state index < -0.39 is 0 Å². The quantitative estimate of drug-likeness (QED) is 0.737. The van der Waals surface area contributed by atoms with Gasteiger partial charge in [-0.05, 0) is 19.8 Å². The minimum Gasteiger partial charge on any atom is -0.396 e. The van der Waals surface area contributed by atoms with Gasteiger partial charge in [0, 0.05) is 37.5 Å². The fourth-order valence-corrected chi connectivity index (χ4v) is 1.58. The summed E-state index contributed by atoms with van der Waals surface area (Å²) in [5.74, 6) is 0. The first-order chi connectivity index (χ1) is 7.19. The Hall–Kier alpha value is -0.870. The molecule has 4 heteroatoms. The molecule has 1 rings (SSSR count). The normalized spacial score (nSPS) is 13.1. The Bertz CT molecular complexity index is 296. The smallest absolute Gasteiger partial charge is 0.0537 e. The first-order valence-corrected chi connectivity index (χ1v) is 5.50. The molecule has 0 amide bonds. The molecule has 0 aliphatic rings. The average molecular weight is 211 g/mol. The largest absolute Gasteiger partial charge is 0.396 e. The zero-order valence-electron chi connectivity index (χ0n) is 9.82. The number of hydrogen-bond acceptors (Lipinski definition) is 3. The van der Waals surface area contributed by atoms with Crippen LogP contribution in [0.3, 0.4) is 0 Å². The van der Waals surface area contributed by atoms with Gasteiger partial charge in [-0.2, -0.15) is 5.10 Å². The van der Waals surface area contributed by atoms with Gasteiger partial charge in [0.25, 0.3) is 0 Å². The summed E-state index contributed by atoms with van der Waals surface area (Å²) in [5.41, 5.74) is 2.43. The fraction of sp³-hybridized carbons (Fsp3) is 0.727. The Morgan fingerprint density at radius 1 is 1.60 bits per heavy atom. The molecule has 0 aromatic carbocycles. The van der Waals surface area contributed by atoms with Crippen molar-refractivity contribution >= 4 is 0 Å². The van der Waals surface area contributed by atoms with Crippen molar-refractivity contribution in [2.75, 3.05) is 6.61 Å². The topological polar surface area (TPSA) is 50.1 Å². The summed E-state index contributed by atoms with van der Waals surface area (Å²) >= 11 is 0. The first-order valence-electron chi connectivity index (χ1n) is 5.50. The summed E-state index contributed by atoms with van der Waals surface area (Å²) < 4.78 is 1.88. The third-order valence-corrected chi connectivity index (χ3v) is 2.89. The molecule has 1 unspecified atom stereocenters. The number of aromatic nitrogens is 2. The third kappa shape index (κ3) is 3.32. The molecule has 1 atom stereocenters. The maximum absolute atomic E-state index is 8.87. The van der Waals surface area contributed by atoms with Crippen molar-refractivity contribution in [2.24, 2.45) is 7.05 Å². The molecule has 0 saturated carbocycles. The molecule has 0 bridgehead atoms. The van der Waals surface area contributed by atoms with Crippen molar-refractivity contribution in [2.45, 2.75) is 39.3 Å². The highest BCUT2D eigenvalue weighted by Gasteiger charge is 2.07.